The van der Waals surface area contributed by atoms with E-state index in [0.29, 0.717) is 5.02 Å². The van der Waals surface area contributed by atoms with Crippen LogP contribution in [-0.4, -0.2) is 18.0 Å². The molecule has 0 aromatic heterocycles. The number of carbonyl (C=O) groups excluding carboxylic acids is 1. The summed E-state index contributed by atoms with van der Waals surface area (Å²) in [6, 6.07) is 7.47. The van der Waals surface area contributed by atoms with E-state index >= 15 is 0 Å². The predicted octanol–water partition coefficient (Wildman–Crippen LogP) is 2.91. The molecule has 0 bridgehead atoms. The molecule has 1 aromatic carbocycles. The number of carbonyl (C=O) groups is 1. The summed E-state index contributed by atoms with van der Waals surface area (Å²) in [6.45, 7) is 8.46. The van der Waals surface area contributed by atoms with Gasteiger partial charge in [-0.25, -0.2) is 0 Å². The van der Waals surface area contributed by atoms with Crippen molar-refractivity contribution in [3.63, 3.8) is 0 Å². The lowest BCUT2D eigenvalue weighted by Crippen LogP contribution is -2.52. The number of likely N-dealkylation sites (N-methyl/N-ethyl adjacent to an activating group) is 1. The van der Waals surface area contributed by atoms with E-state index in [-0.39, 0.29) is 11.9 Å². The molecule has 2 N–H and O–H groups in total. The molecule has 0 saturated carbocycles. The van der Waals surface area contributed by atoms with Crippen LogP contribution in [0.3, 0.4) is 0 Å². The average molecular weight is 269 g/mol. The van der Waals surface area contributed by atoms with Crippen LogP contribution in [0.4, 0.5) is 0 Å². The third kappa shape index (κ3) is 4.00. The van der Waals surface area contributed by atoms with Gasteiger partial charge in [-0.2, -0.15) is 0 Å². The van der Waals surface area contributed by atoms with Gasteiger partial charge < -0.3 is 10.6 Å². The first-order valence-electron chi connectivity index (χ1n) is 6.18. The number of benzene rings is 1. The van der Waals surface area contributed by atoms with Gasteiger partial charge >= 0.3 is 0 Å². The molecule has 3 nitrogen and oxygen atoms in total. The summed E-state index contributed by atoms with van der Waals surface area (Å²) in [7, 11) is 0. The van der Waals surface area contributed by atoms with E-state index in [2.05, 4.69) is 10.6 Å². The van der Waals surface area contributed by atoms with E-state index in [4.69, 9.17) is 11.6 Å². The lowest BCUT2D eigenvalue weighted by atomic mass is 10.0. The lowest BCUT2D eigenvalue weighted by Gasteiger charge is -2.27. The first-order chi connectivity index (χ1) is 8.36. The molecule has 0 unspecified atom stereocenters. The van der Waals surface area contributed by atoms with E-state index in [0.717, 1.165) is 12.1 Å². The molecule has 0 aliphatic heterocycles. The first kappa shape index (κ1) is 15.0. The predicted molar refractivity (Wildman–Crippen MR) is 75.8 cm³/mol. The average Bonchev–Trinajstić information content (AvgIpc) is 2.29. The maximum Gasteiger partial charge on any atom is 0.240 e. The van der Waals surface area contributed by atoms with Crippen LogP contribution >= 0.6 is 11.6 Å². The molecule has 4 heteroatoms. The van der Waals surface area contributed by atoms with Crippen molar-refractivity contribution < 1.29 is 4.79 Å². The summed E-state index contributed by atoms with van der Waals surface area (Å²) in [5, 5.41) is 6.85. The van der Waals surface area contributed by atoms with Crippen LogP contribution in [0, 0.1) is 0 Å². The molecule has 0 radical (unpaired) electrons. The SMILES string of the molecule is CCNC(C)(C)C(=O)N[C@H](C)c1ccc(Cl)cc1. The van der Waals surface area contributed by atoms with Crippen molar-refractivity contribution >= 4 is 17.5 Å². The lowest BCUT2D eigenvalue weighted by molar-refractivity contribution is -0.127. The molecule has 100 valence electrons. The minimum absolute atomic E-state index is 0.00759. The number of rotatable bonds is 5. The topological polar surface area (TPSA) is 41.1 Å². The number of hydrogen-bond acceptors (Lipinski definition) is 2. The van der Waals surface area contributed by atoms with Crippen LogP contribution in [-0.2, 0) is 4.79 Å². The summed E-state index contributed by atoms with van der Waals surface area (Å²) >= 11 is 5.84. The standard InChI is InChI=1S/C14H21ClN2O/c1-5-16-14(3,4)13(18)17-10(2)11-6-8-12(15)9-7-11/h6-10,16H,5H2,1-4H3,(H,17,18)/t10-/m1/s1. The third-order valence-corrected chi connectivity index (χ3v) is 3.16. The van der Waals surface area contributed by atoms with Crippen molar-refractivity contribution in [2.75, 3.05) is 6.54 Å². The Morgan fingerprint density at radius 2 is 1.89 bits per heavy atom. The van der Waals surface area contributed by atoms with Gasteiger partial charge in [0.25, 0.3) is 0 Å². The van der Waals surface area contributed by atoms with E-state index in [1.807, 2.05) is 52.0 Å². The Hall–Kier alpha value is -1.06. The molecule has 0 spiro atoms. The van der Waals surface area contributed by atoms with Gasteiger partial charge in [0.2, 0.25) is 5.91 Å². The maximum atomic E-state index is 12.1. The van der Waals surface area contributed by atoms with Crippen LogP contribution in [0.25, 0.3) is 0 Å². The summed E-state index contributed by atoms with van der Waals surface area (Å²) in [6.07, 6.45) is 0. The second kappa shape index (κ2) is 6.21. The zero-order valence-electron chi connectivity index (χ0n) is 11.4. The summed E-state index contributed by atoms with van der Waals surface area (Å²) in [4.78, 5) is 12.1. The second-order valence-electron chi connectivity index (χ2n) is 4.90. The molecule has 0 aliphatic carbocycles. The molecule has 0 saturated heterocycles. The number of amides is 1. The van der Waals surface area contributed by atoms with Crippen molar-refractivity contribution in [2.24, 2.45) is 0 Å². The van der Waals surface area contributed by atoms with Gasteiger partial charge in [-0.3, -0.25) is 4.79 Å². The van der Waals surface area contributed by atoms with Gasteiger partial charge in [-0.1, -0.05) is 30.7 Å². The van der Waals surface area contributed by atoms with Crippen molar-refractivity contribution in [1.82, 2.24) is 10.6 Å². The molecular formula is C14H21ClN2O. The quantitative estimate of drug-likeness (QED) is 0.862. The largest absolute Gasteiger partial charge is 0.348 e. The van der Waals surface area contributed by atoms with Crippen LogP contribution in [0.5, 0.6) is 0 Å². The fourth-order valence-corrected chi connectivity index (χ4v) is 1.86. The molecule has 1 atom stereocenters. The van der Waals surface area contributed by atoms with Gasteiger partial charge in [-0.05, 0) is 45.0 Å². The molecular weight excluding hydrogens is 248 g/mol. The van der Waals surface area contributed by atoms with Crippen molar-refractivity contribution in [3.8, 4) is 0 Å². The number of hydrogen-bond donors (Lipinski definition) is 2. The van der Waals surface area contributed by atoms with Crippen molar-refractivity contribution in [1.29, 1.82) is 0 Å². The number of nitrogens with one attached hydrogen (secondary N) is 2. The van der Waals surface area contributed by atoms with Crippen LogP contribution < -0.4 is 10.6 Å². The second-order valence-corrected chi connectivity index (χ2v) is 5.34. The highest BCUT2D eigenvalue weighted by Crippen LogP contribution is 2.17. The minimum atomic E-state index is -0.560. The van der Waals surface area contributed by atoms with Crippen LogP contribution in [0.2, 0.25) is 5.02 Å². The summed E-state index contributed by atoms with van der Waals surface area (Å²) in [5.74, 6) is -0.00759. The van der Waals surface area contributed by atoms with Crippen molar-refractivity contribution in [3.05, 3.63) is 34.9 Å². The van der Waals surface area contributed by atoms with Crippen molar-refractivity contribution in [2.45, 2.75) is 39.3 Å². The molecule has 1 amide bonds. The fraction of sp³-hybridized carbons (Fsp3) is 0.500. The van der Waals surface area contributed by atoms with Gasteiger partial charge in [0.15, 0.2) is 0 Å². The Balaban J connectivity index is 2.67. The Bertz CT molecular complexity index is 401. The highest BCUT2D eigenvalue weighted by Gasteiger charge is 2.27. The molecule has 18 heavy (non-hydrogen) atoms. The normalized spacial score (nSPS) is 13.2. The van der Waals surface area contributed by atoms with E-state index < -0.39 is 5.54 Å². The van der Waals surface area contributed by atoms with Gasteiger partial charge in [0.1, 0.15) is 0 Å². The first-order valence-corrected chi connectivity index (χ1v) is 6.56. The monoisotopic (exact) mass is 268 g/mol. The Morgan fingerprint density at radius 3 is 2.39 bits per heavy atom. The molecule has 1 rings (SSSR count). The molecule has 0 aliphatic rings. The minimum Gasteiger partial charge on any atom is -0.348 e. The van der Waals surface area contributed by atoms with Gasteiger partial charge in [0.05, 0.1) is 11.6 Å². The summed E-state index contributed by atoms with van der Waals surface area (Å²) < 4.78 is 0. The van der Waals surface area contributed by atoms with Crippen LogP contribution in [0.1, 0.15) is 39.3 Å². The maximum absolute atomic E-state index is 12.1. The Morgan fingerprint density at radius 1 is 1.33 bits per heavy atom. The van der Waals surface area contributed by atoms with Crippen LogP contribution in [0.15, 0.2) is 24.3 Å². The fourth-order valence-electron chi connectivity index (χ4n) is 1.73. The van der Waals surface area contributed by atoms with Gasteiger partial charge in [-0.15, -0.1) is 0 Å². The highest BCUT2D eigenvalue weighted by atomic mass is 35.5. The zero-order chi connectivity index (χ0) is 13.8. The van der Waals surface area contributed by atoms with Gasteiger partial charge in [0, 0.05) is 5.02 Å². The number of halogens is 1. The Kier molecular flexibility index (Phi) is 5.17. The molecule has 0 fully saturated rings. The third-order valence-electron chi connectivity index (χ3n) is 2.90. The Labute approximate surface area is 114 Å². The summed E-state index contributed by atoms with van der Waals surface area (Å²) in [5.41, 5.74) is 0.482. The smallest absolute Gasteiger partial charge is 0.240 e. The molecule has 0 heterocycles. The van der Waals surface area contributed by atoms with E-state index in [9.17, 15) is 4.79 Å². The zero-order valence-corrected chi connectivity index (χ0v) is 12.1. The highest BCUT2D eigenvalue weighted by molar-refractivity contribution is 6.30. The van der Waals surface area contributed by atoms with E-state index in [1.165, 1.54) is 0 Å². The molecule has 1 aromatic rings. The van der Waals surface area contributed by atoms with E-state index in [1.54, 1.807) is 0 Å².